The summed E-state index contributed by atoms with van der Waals surface area (Å²) in [5.41, 5.74) is 5.12. The molecule has 2 aromatic heterocycles. The van der Waals surface area contributed by atoms with Crippen LogP contribution >= 0.6 is 11.8 Å². The fourth-order valence-electron chi connectivity index (χ4n) is 3.20. The largest absolute Gasteiger partial charge is 0.467 e. The van der Waals surface area contributed by atoms with E-state index in [2.05, 4.69) is 15.5 Å². The van der Waals surface area contributed by atoms with Crippen LogP contribution in [0.2, 0.25) is 0 Å². The second kappa shape index (κ2) is 9.22. The summed E-state index contributed by atoms with van der Waals surface area (Å²) in [5, 5.41) is 12.4. The summed E-state index contributed by atoms with van der Waals surface area (Å²) >= 11 is 1.36. The lowest BCUT2D eigenvalue weighted by Crippen LogP contribution is -2.15. The standard InChI is InChI=1S/C24H24N4O2S/c1-16-7-10-19(11-8-16)23-26-27-24(28(23)14-20-5-4-12-30-20)31-15-22(29)25-21-13-17(2)6-9-18(21)3/h4-13H,14-15H2,1-3H3,(H,25,29). The van der Waals surface area contributed by atoms with Crippen LogP contribution in [0.25, 0.3) is 11.4 Å². The number of benzene rings is 2. The van der Waals surface area contributed by atoms with Gasteiger partial charge in [-0.2, -0.15) is 0 Å². The van der Waals surface area contributed by atoms with Crippen molar-refractivity contribution in [3.8, 4) is 11.4 Å². The fraction of sp³-hybridized carbons (Fsp3) is 0.208. The summed E-state index contributed by atoms with van der Waals surface area (Å²) < 4.78 is 7.52. The van der Waals surface area contributed by atoms with Crippen LogP contribution in [0.3, 0.4) is 0 Å². The van der Waals surface area contributed by atoms with E-state index in [-0.39, 0.29) is 11.7 Å². The van der Waals surface area contributed by atoms with E-state index in [1.54, 1.807) is 6.26 Å². The van der Waals surface area contributed by atoms with Crippen molar-refractivity contribution in [2.75, 3.05) is 11.1 Å². The van der Waals surface area contributed by atoms with Gasteiger partial charge in [-0.05, 0) is 50.1 Å². The number of carbonyl (C=O) groups is 1. The van der Waals surface area contributed by atoms with E-state index in [1.165, 1.54) is 17.3 Å². The molecule has 0 fully saturated rings. The highest BCUT2D eigenvalue weighted by atomic mass is 32.2. The minimum atomic E-state index is -0.0804. The molecule has 0 bridgehead atoms. The van der Waals surface area contributed by atoms with Gasteiger partial charge in [-0.1, -0.05) is 53.7 Å². The minimum Gasteiger partial charge on any atom is -0.467 e. The minimum absolute atomic E-state index is 0.0804. The van der Waals surface area contributed by atoms with Crippen LogP contribution in [0.15, 0.2) is 70.4 Å². The van der Waals surface area contributed by atoms with Gasteiger partial charge in [-0.3, -0.25) is 9.36 Å². The molecule has 1 N–H and O–H groups in total. The quantitative estimate of drug-likeness (QED) is 0.404. The van der Waals surface area contributed by atoms with Gasteiger partial charge in [-0.15, -0.1) is 10.2 Å². The molecule has 158 valence electrons. The number of carbonyl (C=O) groups excluding carboxylic acids is 1. The molecule has 0 saturated heterocycles. The van der Waals surface area contributed by atoms with Crippen molar-refractivity contribution in [3.63, 3.8) is 0 Å². The summed E-state index contributed by atoms with van der Waals surface area (Å²) in [5.74, 6) is 1.70. The molecule has 0 saturated carbocycles. The fourth-order valence-corrected chi connectivity index (χ4v) is 3.94. The van der Waals surface area contributed by atoms with E-state index in [0.29, 0.717) is 11.7 Å². The van der Waals surface area contributed by atoms with Crippen molar-refractivity contribution in [3.05, 3.63) is 83.3 Å². The lowest BCUT2D eigenvalue weighted by molar-refractivity contribution is -0.113. The number of rotatable bonds is 7. The Bertz CT molecular complexity index is 1180. The summed E-state index contributed by atoms with van der Waals surface area (Å²) in [7, 11) is 0. The van der Waals surface area contributed by atoms with Crippen molar-refractivity contribution in [1.82, 2.24) is 14.8 Å². The van der Waals surface area contributed by atoms with E-state index < -0.39 is 0 Å². The molecule has 0 atom stereocenters. The Morgan fingerprint density at radius 3 is 2.55 bits per heavy atom. The van der Waals surface area contributed by atoms with Crippen LogP contribution in [0, 0.1) is 20.8 Å². The Labute approximate surface area is 185 Å². The molecule has 0 spiro atoms. The maximum absolute atomic E-state index is 12.6. The van der Waals surface area contributed by atoms with E-state index in [4.69, 9.17) is 4.42 Å². The van der Waals surface area contributed by atoms with Crippen molar-refractivity contribution in [2.45, 2.75) is 32.5 Å². The molecule has 0 radical (unpaired) electrons. The zero-order chi connectivity index (χ0) is 21.8. The smallest absolute Gasteiger partial charge is 0.234 e. The molecular weight excluding hydrogens is 408 g/mol. The predicted octanol–water partition coefficient (Wildman–Crippen LogP) is 5.24. The highest BCUT2D eigenvalue weighted by Gasteiger charge is 2.17. The number of nitrogens with one attached hydrogen (secondary N) is 1. The summed E-state index contributed by atoms with van der Waals surface area (Å²) in [6.45, 7) is 6.53. The van der Waals surface area contributed by atoms with Crippen LogP contribution in [0.1, 0.15) is 22.5 Å². The van der Waals surface area contributed by atoms with E-state index in [1.807, 2.05) is 79.9 Å². The molecule has 6 nitrogen and oxygen atoms in total. The number of furan rings is 1. The molecule has 0 unspecified atom stereocenters. The molecule has 4 aromatic rings. The highest BCUT2D eigenvalue weighted by Crippen LogP contribution is 2.26. The first kappa shape index (κ1) is 20.9. The molecule has 1 amide bonds. The van der Waals surface area contributed by atoms with Gasteiger partial charge in [0.2, 0.25) is 5.91 Å². The predicted molar refractivity (Wildman–Crippen MR) is 123 cm³/mol. The van der Waals surface area contributed by atoms with Crippen molar-refractivity contribution in [2.24, 2.45) is 0 Å². The van der Waals surface area contributed by atoms with Crippen LogP contribution in [0.4, 0.5) is 5.69 Å². The van der Waals surface area contributed by atoms with Gasteiger partial charge in [-0.25, -0.2) is 0 Å². The van der Waals surface area contributed by atoms with Crippen molar-refractivity contribution >= 4 is 23.4 Å². The van der Waals surface area contributed by atoms with Gasteiger partial charge in [0, 0.05) is 11.3 Å². The molecular formula is C24H24N4O2S. The van der Waals surface area contributed by atoms with Gasteiger partial charge >= 0.3 is 0 Å². The first-order chi connectivity index (χ1) is 15.0. The second-order valence-corrected chi connectivity index (χ2v) is 8.44. The Morgan fingerprint density at radius 1 is 1.03 bits per heavy atom. The monoisotopic (exact) mass is 432 g/mol. The molecule has 2 aromatic carbocycles. The summed E-state index contributed by atoms with van der Waals surface area (Å²) in [6.07, 6.45) is 1.65. The number of aryl methyl sites for hydroxylation is 3. The third-order valence-corrected chi connectivity index (χ3v) is 5.89. The average molecular weight is 433 g/mol. The summed E-state index contributed by atoms with van der Waals surface area (Å²) in [6, 6.07) is 17.9. The molecule has 4 rings (SSSR count). The lowest BCUT2D eigenvalue weighted by atomic mass is 10.1. The molecule has 2 heterocycles. The zero-order valence-corrected chi connectivity index (χ0v) is 18.6. The topological polar surface area (TPSA) is 73.0 Å². The van der Waals surface area contributed by atoms with E-state index in [9.17, 15) is 4.79 Å². The van der Waals surface area contributed by atoms with Gasteiger partial charge in [0.05, 0.1) is 18.6 Å². The van der Waals surface area contributed by atoms with Gasteiger partial charge < -0.3 is 9.73 Å². The number of hydrogen-bond acceptors (Lipinski definition) is 5. The van der Waals surface area contributed by atoms with Crippen LogP contribution in [0.5, 0.6) is 0 Å². The molecule has 0 aliphatic carbocycles. The Kier molecular flexibility index (Phi) is 6.23. The SMILES string of the molecule is Cc1ccc(-c2nnc(SCC(=O)Nc3cc(C)ccc3C)n2Cc2ccco2)cc1. The maximum Gasteiger partial charge on any atom is 0.234 e. The number of amides is 1. The Morgan fingerprint density at radius 2 is 1.81 bits per heavy atom. The van der Waals surface area contributed by atoms with Crippen molar-refractivity contribution < 1.29 is 9.21 Å². The molecule has 31 heavy (non-hydrogen) atoms. The third-order valence-electron chi connectivity index (χ3n) is 4.92. The van der Waals surface area contributed by atoms with Crippen LogP contribution in [-0.2, 0) is 11.3 Å². The Hall–Kier alpha value is -3.32. The average Bonchev–Trinajstić information content (AvgIpc) is 3.40. The first-order valence-electron chi connectivity index (χ1n) is 10.0. The molecule has 0 aliphatic rings. The van der Waals surface area contributed by atoms with E-state index >= 15 is 0 Å². The number of anilines is 1. The van der Waals surface area contributed by atoms with Crippen molar-refractivity contribution in [1.29, 1.82) is 0 Å². The zero-order valence-electron chi connectivity index (χ0n) is 17.8. The second-order valence-electron chi connectivity index (χ2n) is 7.49. The van der Waals surface area contributed by atoms with Crippen LogP contribution in [-0.4, -0.2) is 26.4 Å². The first-order valence-corrected chi connectivity index (χ1v) is 11.0. The maximum atomic E-state index is 12.6. The van der Waals surface area contributed by atoms with Gasteiger partial charge in [0.25, 0.3) is 0 Å². The van der Waals surface area contributed by atoms with Crippen LogP contribution < -0.4 is 5.32 Å². The normalized spacial score (nSPS) is 10.9. The summed E-state index contributed by atoms with van der Waals surface area (Å²) in [4.78, 5) is 12.6. The lowest BCUT2D eigenvalue weighted by Gasteiger charge is -2.11. The third kappa shape index (κ3) is 5.06. The number of thioether (sulfide) groups is 1. The van der Waals surface area contributed by atoms with E-state index in [0.717, 1.165) is 34.0 Å². The van der Waals surface area contributed by atoms with Gasteiger partial charge in [0.1, 0.15) is 5.76 Å². The number of hydrogen-bond donors (Lipinski definition) is 1. The van der Waals surface area contributed by atoms with Gasteiger partial charge in [0.15, 0.2) is 11.0 Å². The Balaban J connectivity index is 1.54. The molecule has 0 aliphatic heterocycles. The highest BCUT2D eigenvalue weighted by molar-refractivity contribution is 7.99. The number of aromatic nitrogens is 3. The molecule has 7 heteroatoms. The number of nitrogens with zero attached hydrogens (tertiary/aromatic N) is 3.